The molecule has 0 aliphatic rings. The first-order chi connectivity index (χ1) is 9.69. The molecule has 0 fully saturated rings. The molecule has 0 aliphatic heterocycles. The summed E-state index contributed by atoms with van der Waals surface area (Å²) in [6.07, 6.45) is 0.828. The minimum atomic E-state index is -0.575. The number of aromatic nitrogens is 1. The van der Waals surface area contributed by atoms with Crippen molar-refractivity contribution in [3.8, 4) is 6.07 Å². The van der Waals surface area contributed by atoms with Crippen molar-refractivity contribution in [2.45, 2.75) is 13.5 Å². The van der Waals surface area contributed by atoms with Gasteiger partial charge in [0.15, 0.2) is 0 Å². The molecular formula is C15H13N3O2. The number of amides is 1. The quantitative estimate of drug-likeness (QED) is 0.927. The third-order valence-corrected chi connectivity index (χ3v) is 2.64. The molecule has 20 heavy (non-hydrogen) atoms. The highest BCUT2D eigenvalue weighted by atomic mass is 16.5. The monoisotopic (exact) mass is 267 g/mol. The highest BCUT2D eigenvalue weighted by molar-refractivity contribution is 5.84. The Morgan fingerprint density at radius 3 is 2.80 bits per heavy atom. The standard InChI is InChI=1S/C15H13N3O2/c1-11-7-13(8-16)9-17-14(11)18-15(19)20-10-12-5-3-2-4-6-12/h2-7,9H,10H2,1H3,(H,17,18,19). The van der Waals surface area contributed by atoms with Crippen LogP contribution in [0.3, 0.4) is 0 Å². The van der Waals surface area contributed by atoms with Gasteiger partial charge in [0.25, 0.3) is 0 Å². The number of nitrogens with zero attached hydrogens (tertiary/aromatic N) is 2. The smallest absolute Gasteiger partial charge is 0.413 e. The zero-order valence-corrected chi connectivity index (χ0v) is 11.0. The van der Waals surface area contributed by atoms with Crippen LogP contribution in [0.2, 0.25) is 0 Å². The van der Waals surface area contributed by atoms with Gasteiger partial charge in [0.2, 0.25) is 0 Å². The minimum absolute atomic E-state index is 0.196. The van der Waals surface area contributed by atoms with Crippen LogP contribution in [0.15, 0.2) is 42.6 Å². The molecule has 1 aromatic heterocycles. The maximum atomic E-state index is 11.7. The molecule has 0 saturated heterocycles. The summed E-state index contributed by atoms with van der Waals surface area (Å²) in [5, 5.41) is 11.3. The van der Waals surface area contributed by atoms with Crippen LogP contribution in [0.1, 0.15) is 16.7 Å². The fourth-order valence-corrected chi connectivity index (χ4v) is 1.62. The zero-order valence-electron chi connectivity index (χ0n) is 11.0. The van der Waals surface area contributed by atoms with Gasteiger partial charge in [-0.05, 0) is 24.1 Å². The normalized spacial score (nSPS) is 9.60. The Morgan fingerprint density at radius 2 is 2.15 bits per heavy atom. The number of benzene rings is 1. The summed E-state index contributed by atoms with van der Waals surface area (Å²) in [6, 6.07) is 13.0. The maximum Gasteiger partial charge on any atom is 0.413 e. The Hall–Kier alpha value is -2.87. The molecule has 5 heteroatoms. The predicted octanol–water partition coefficient (Wildman–Crippen LogP) is 3.01. The summed E-state index contributed by atoms with van der Waals surface area (Å²) in [5.41, 5.74) is 2.07. The molecular weight excluding hydrogens is 254 g/mol. The van der Waals surface area contributed by atoms with Crippen LogP contribution in [0.5, 0.6) is 0 Å². The van der Waals surface area contributed by atoms with Crippen LogP contribution in [0, 0.1) is 18.3 Å². The van der Waals surface area contributed by atoms with Crippen LogP contribution in [0.25, 0.3) is 0 Å². The van der Waals surface area contributed by atoms with Crippen molar-refractivity contribution in [2.24, 2.45) is 0 Å². The van der Waals surface area contributed by atoms with Gasteiger partial charge in [-0.1, -0.05) is 30.3 Å². The van der Waals surface area contributed by atoms with Gasteiger partial charge in [0, 0.05) is 6.20 Å². The lowest BCUT2D eigenvalue weighted by molar-refractivity contribution is 0.155. The minimum Gasteiger partial charge on any atom is -0.444 e. The first-order valence-electron chi connectivity index (χ1n) is 6.03. The van der Waals surface area contributed by atoms with Gasteiger partial charge in [-0.25, -0.2) is 9.78 Å². The van der Waals surface area contributed by atoms with Gasteiger partial charge in [-0.3, -0.25) is 5.32 Å². The Bertz CT molecular complexity index is 648. The van der Waals surface area contributed by atoms with Gasteiger partial charge in [-0.2, -0.15) is 5.26 Å². The average Bonchev–Trinajstić information content (AvgIpc) is 2.48. The Balaban J connectivity index is 1.93. The van der Waals surface area contributed by atoms with Crippen LogP contribution < -0.4 is 5.32 Å². The number of aryl methyl sites for hydroxylation is 1. The van der Waals surface area contributed by atoms with E-state index in [1.807, 2.05) is 36.4 Å². The molecule has 0 saturated carbocycles. The molecule has 100 valence electrons. The molecule has 1 heterocycles. The number of pyridine rings is 1. The van der Waals surface area contributed by atoms with E-state index < -0.39 is 6.09 Å². The lowest BCUT2D eigenvalue weighted by Gasteiger charge is -2.08. The van der Waals surface area contributed by atoms with E-state index in [1.54, 1.807) is 13.0 Å². The number of nitriles is 1. The fraction of sp³-hybridized carbons (Fsp3) is 0.133. The van der Waals surface area contributed by atoms with Gasteiger partial charge in [0.05, 0.1) is 5.56 Å². The summed E-state index contributed by atoms with van der Waals surface area (Å²) in [6.45, 7) is 1.96. The number of ether oxygens (including phenoxy) is 1. The van der Waals surface area contributed by atoms with Crippen LogP contribution >= 0.6 is 0 Å². The maximum absolute atomic E-state index is 11.7. The number of hydrogen-bond donors (Lipinski definition) is 1. The summed E-state index contributed by atoms with van der Waals surface area (Å²) in [7, 11) is 0. The van der Waals surface area contributed by atoms with Crippen molar-refractivity contribution in [2.75, 3.05) is 5.32 Å². The van der Waals surface area contributed by atoms with E-state index in [-0.39, 0.29) is 6.61 Å². The summed E-state index contributed by atoms with van der Waals surface area (Å²) in [4.78, 5) is 15.7. The SMILES string of the molecule is Cc1cc(C#N)cnc1NC(=O)OCc1ccccc1. The lowest BCUT2D eigenvalue weighted by Crippen LogP contribution is -2.15. The second-order valence-electron chi connectivity index (χ2n) is 4.19. The van der Waals surface area contributed by atoms with Crippen LogP contribution in [-0.4, -0.2) is 11.1 Å². The number of nitrogens with one attached hydrogen (secondary N) is 1. The number of rotatable bonds is 3. The number of carbonyl (C=O) groups is 1. The largest absolute Gasteiger partial charge is 0.444 e. The molecule has 1 amide bonds. The van der Waals surface area contributed by atoms with E-state index in [1.165, 1.54) is 6.20 Å². The molecule has 1 N–H and O–H groups in total. The molecule has 2 aromatic rings. The van der Waals surface area contributed by atoms with Crippen molar-refractivity contribution in [1.29, 1.82) is 5.26 Å². The molecule has 0 spiro atoms. The summed E-state index contributed by atoms with van der Waals surface area (Å²) >= 11 is 0. The van der Waals surface area contributed by atoms with E-state index in [0.717, 1.165) is 5.56 Å². The fourth-order valence-electron chi connectivity index (χ4n) is 1.62. The molecule has 0 unspecified atom stereocenters. The van der Waals surface area contributed by atoms with E-state index >= 15 is 0 Å². The molecule has 0 atom stereocenters. The highest BCUT2D eigenvalue weighted by Gasteiger charge is 2.07. The third kappa shape index (κ3) is 3.56. The second-order valence-corrected chi connectivity index (χ2v) is 4.19. The predicted molar refractivity (Wildman–Crippen MR) is 73.9 cm³/mol. The molecule has 0 radical (unpaired) electrons. The summed E-state index contributed by atoms with van der Waals surface area (Å²) in [5.74, 6) is 0.391. The number of hydrogen-bond acceptors (Lipinski definition) is 4. The Labute approximate surface area is 116 Å². The van der Waals surface area contributed by atoms with E-state index in [2.05, 4.69) is 10.3 Å². The van der Waals surface area contributed by atoms with Crippen molar-refractivity contribution in [1.82, 2.24) is 4.98 Å². The van der Waals surface area contributed by atoms with Crippen molar-refractivity contribution >= 4 is 11.9 Å². The molecule has 2 rings (SSSR count). The highest BCUT2D eigenvalue weighted by Crippen LogP contribution is 2.12. The summed E-state index contributed by atoms with van der Waals surface area (Å²) < 4.78 is 5.09. The first kappa shape index (κ1) is 13.6. The van der Waals surface area contributed by atoms with Crippen molar-refractivity contribution in [3.63, 3.8) is 0 Å². The Morgan fingerprint density at radius 1 is 1.40 bits per heavy atom. The van der Waals surface area contributed by atoms with E-state index in [4.69, 9.17) is 10.00 Å². The Kier molecular flexibility index (Phi) is 4.30. The van der Waals surface area contributed by atoms with Gasteiger partial charge in [0.1, 0.15) is 18.5 Å². The number of carbonyl (C=O) groups excluding carboxylic acids is 1. The molecule has 1 aromatic carbocycles. The van der Waals surface area contributed by atoms with Crippen molar-refractivity contribution in [3.05, 3.63) is 59.3 Å². The molecule has 5 nitrogen and oxygen atoms in total. The average molecular weight is 267 g/mol. The van der Waals surface area contributed by atoms with Gasteiger partial charge in [-0.15, -0.1) is 0 Å². The zero-order chi connectivity index (χ0) is 14.4. The topological polar surface area (TPSA) is 75.0 Å². The number of anilines is 1. The van der Waals surface area contributed by atoms with Gasteiger partial charge < -0.3 is 4.74 Å². The first-order valence-corrected chi connectivity index (χ1v) is 6.03. The van der Waals surface area contributed by atoms with Crippen molar-refractivity contribution < 1.29 is 9.53 Å². The lowest BCUT2D eigenvalue weighted by atomic mass is 10.2. The van der Waals surface area contributed by atoms with E-state index in [9.17, 15) is 4.79 Å². The van der Waals surface area contributed by atoms with Crippen LogP contribution in [0.4, 0.5) is 10.6 Å². The second kappa shape index (κ2) is 6.34. The molecule has 0 aliphatic carbocycles. The van der Waals surface area contributed by atoms with Crippen LogP contribution in [-0.2, 0) is 11.3 Å². The molecule has 0 bridgehead atoms. The van der Waals surface area contributed by atoms with Gasteiger partial charge >= 0.3 is 6.09 Å². The third-order valence-electron chi connectivity index (χ3n) is 2.64. The van der Waals surface area contributed by atoms with E-state index in [0.29, 0.717) is 16.9 Å².